The van der Waals surface area contributed by atoms with E-state index in [1.807, 2.05) is 0 Å². The summed E-state index contributed by atoms with van der Waals surface area (Å²) < 4.78 is 46.5. The number of aryl methyl sites for hydroxylation is 1. The van der Waals surface area contributed by atoms with Gasteiger partial charge in [-0.05, 0) is 45.0 Å². The monoisotopic (exact) mass is 447 g/mol. The van der Waals surface area contributed by atoms with E-state index in [0.717, 1.165) is 12.1 Å². The zero-order chi connectivity index (χ0) is 23.3. The van der Waals surface area contributed by atoms with Gasteiger partial charge >= 0.3 is 12.4 Å². The first-order valence-corrected chi connectivity index (χ1v) is 9.51. The van der Waals surface area contributed by atoms with Crippen LogP contribution in [0.25, 0.3) is 11.1 Å². The summed E-state index contributed by atoms with van der Waals surface area (Å²) in [7, 11) is 0. The van der Waals surface area contributed by atoms with Crippen LogP contribution in [-0.2, 0) is 4.74 Å². The largest absolute Gasteiger partial charge is 0.586 e. The van der Waals surface area contributed by atoms with Gasteiger partial charge in [0.05, 0.1) is 11.3 Å². The lowest BCUT2D eigenvalue weighted by Crippen LogP contribution is -2.28. The summed E-state index contributed by atoms with van der Waals surface area (Å²) in [6, 6.07) is 6.93. The predicted octanol–water partition coefficient (Wildman–Crippen LogP) is 5.06. The fraction of sp³-hybridized carbons (Fsp3) is 0.286. The highest BCUT2D eigenvalue weighted by molar-refractivity contribution is 6.10. The molecule has 2 aromatic carbocycles. The van der Waals surface area contributed by atoms with Crippen LogP contribution in [0.3, 0.4) is 0 Å². The van der Waals surface area contributed by atoms with Gasteiger partial charge in [-0.3, -0.25) is 10.1 Å². The summed E-state index contributed by atoms with van der Waals surface area (Å²) >= 11 is 0. The van der Waals surface area contributed by atoms with Crippen LogP contribution in [0, 0.1) is 6.92 Å². The summed E-state index contributed by atoms with van der Waals surface area (Å²) in [6.45, 7) is 6.65. The topological polar surface area (TPSA) is 112 Å². The van der Waals surface area contributed by atoms with Crippen molar-refractivity contribution in [1.29, 1.82) is 0 Å². The fourth-order valence-corrected chi connectivity index (χ4v) is 3.02. The van der Waals surface area contributed by atoms with Crippen molar-refractivity contribution >= 4 is 34.5 Å². The molecule has 0 fully saturated rings. The molecule has 0 bridgehead atoms. The van der Waals surface area contributed by atoms with Crippen LogP contribution >= 0.6 is 0 Å². The van der Waals surface area contributed by atoms with Crippen LogP contribution in [0.4, 0.5) is 25.0 Å². The number of carbonyl (C=O) groups excluding carboxylic acids is 2. The number of hydrogen-bond donors (Lipinski definition) is 2. The molecular formula is C21H19F2N3O6. The molecule has 0 saturated carbocycles. The molecule has 32 heavy (non-hydrogen) atoms. The highest BCUT2D eigenvalue weighted by Gasteiger charge is 2.44. The van der Waals surface area contributed by atoms with Crippen molar-refractivity contribution in [2.24, 2.45) is 0 Å². The zero-order valence-corrected chi connectivity index (χ0v) is 17.5. The highest BCUT2D eigenvalue weighted by atomic mass is 19.3. The molecule has 11 heteroatoms. The summed E-state index contributed by atoms with van der Waals surface area (Å²) in [5, 5.41) is 5.03. The standard InChI is InChI=1S/C21H19F2N3O6/c1-10-24-14-7-11(5-6-15(14)29-10)25-18(27)12-8-16-17(31-21(22,23)30-16)9-13(12)26-19(28)32-20(2,3)4/h5-9H,1-4H3,(H,25,27)(H,26,28). The van der Waals surface area contributed by atoms with Crippen molar-refractivity contribution in [1.82, 2.24) is 4.98 Å². The number of nitrogens with zero attached hydrogens (tertiary/aromatic N) is 1. The molecule has 1 aliphatic rings. The minimum absolute atomic E-state index is 0.102. The molecule has 3 aromatic rings. The van der Waals surface area contributed by atoms with E-state index in [-0.39, 0.29) is 22.7 Å². The first-order valence-electron chi connectivity index (χ1n) is 9.51. The Morgan fingerprint density at radius 2 is 1.75 bits per heavy atom. The maximum atomic E-state index is 13.5. The van der Waals surface area contributed by atoms with Gasteiger partial charge in [0.1, 0.15) is 11.1 Å². The van der Waals surface area contributed by atoms with Crippen LogP contribution in [0.5, 0.6) is 11.5 Å². The fourth-order valence-electron chi connectivity index (χ4n) is 3.02. The van der Waals surface area contributed by atoms with Crippen LogP contribution in [-0.4, -0.2) is 28.9 Å². The number of fused-ring (bicyclic) bond motifs is 2. The van der Waals surface area contributed by atoms with Gasteiger partial charge < -0.3 is 23.9 Å². The molecule has 0 unspecified atom stereocenters. The SMILES string of the molecule is Cc1nc2cc(NC(=O)c3cc4c(cc3NC(=O)OC(C)(C)C)OC(F)(F)O4)ccc2o1. The van der Waals surface area contributed by atoms with Crippen molar-refractivity contribution < 1.29 is 37.0 Å². The molecule has 1 aromatic heterocycles. The van der Waals surface area contributed by atoms with E-state index in [1.165, 1.54) is 0 Å². The second-order valence-corrected chi connectivity index (χ2v) is 8.01. The van der Waals surface area contributed by atoms with E-state index < -0.39 is 23.9 Å². The van der Waals surface area contributed by atoms with E-state index in [0.29, 0.717) is 22.7 Å². The molecule has 0 spiro atoms. The molecule has 4 rings (SSSR count). The van der Waals surface area contributed by atoms with Gasteiger partial charge in [0.2, 0.25) is 0 Å². The number of carbonyl (C=O) groups is 2. The maximum absolute atomic E-state index is 13.5. The first-order chi connectivity index (χ1) is 14.9. The molecule has 0 aliphatic carbocycles. The van der Waals surface area contributed by atoms with E-state index in [2.05, 4.69) is 25.1 Å². The summed E-state index contributed by atoms with van der Waals surface area (Å²) in [4.78, 5) is 29.4. The van der Waals surface area contributed by atoms with Crippen LogP contribution < -0.4 is 20.1 Å². The lowest BCUT2D eigenvalue weighted by atomic mass is 10.1. The number of aromatic nitrogens is 1. The highest BCUT2D eigenvalue weighted by Crippen LogP contribution is 2.44. The lowest BCUT2D eigenvalue weighted by molar-refractivity contribution is -0.286. The average molecular weight is 447 g/mol. The second-order valence-electron chi connectivity index (χ2n) is 8.01. The Labute approximate surface area is 180 Å². The van der Waals surface area contributed by atoms with Crippen molar-refractivity contribution in [2.45, 2.75) is 39.6 Å². The molecule has 0 atom stereocenters. The van der Waals surface area contributed by atoms with Gasteiger partial charge in [0.25, 0.3) is 5.91 Å². The number of anilines is 2. The number of nitrogens with one attached hydrogen (secondary N) is 2. The third kappa shape index (κ3) is 4.56. The second kappa shape index (κ2) is 7.36. The Kier molecular flexibility index (Phi) is 4.91. The molecule has 2 N–H and O–H groups in total. The Morgan fingerprint density at radius 1 is 1.06 bits per heavy atom. The lowest BCUT2D eigenvalue weighted by Gasteiger charge is -2.20. The Hall–Kier alpha value is -3.89. The Balaban J connectivity index is 1.65. The number of hydrogen-bond acceptors (Lipinski definition) is 7. The molecule has 2 amide bonds. The number of alkyl halides is 2. The normalized spacial score (nSPS) is 14.3. The van der Waals surface area contributed by atoms with E-state index >= 15 is 0 Å². The van der Waals surface area contributed by atoms with Crippen LogP contribution in [0.1, 0.15) is 37.0 Å². The Morgan fingerprint density at radius 3 is 2.44 bits per heavy atom. The van der Waals surface area contributed by atoms with Gasteiger partial charge in [-0.1, -0.05) is 0 Å². The molecule has 1 aliphatic heterocycles. The predicted molar refractivity (Wildman–Crippen MR) is 109 cm³/mol. The van der Waals surface area contributed by atoms with Crippen molar-refractivity contribution in [3.8, 4) is 11.5 Å². The molecule has 0 saturated heterocycles. The Bertz CT molecular complexity index is 1230. The number of benzene rings is 2. The van der Waals surface area contributed by atoms with Gasteiger partial charge in [0, 0.05) is 18.7 Å². The van der Waals surface area contributed by atoms with Crippen LogP contribution in [0.2, 0.25) is 0 Å². The molecule has 168 valence electrons. The number of rotatable bonds is 3. The molecule has 0 radical (unpaired) electrons. The van der Waals surface area contributed by atoms with Gasteiger partial charge in [-0.15, -0.1) is 8.78 Å². The summed E-state index contributed by atoms with van der Waals surface area (Å²) in [5.41, 5.74) is 0.376. The maximum Gasteiger partial charge on any atom is 0.586 e. The number of halogens is 2. The zero-order valence-electron chi connectivity index (χ0n) is 17.5. The average Bonchev–Trinajstić information content (AvgIpc) is 3.15. The molecular weight excluding hydrogens is 428 g/mol. The van der Waals surface area contributed by atoms with E-state index in [4.69, 9.17) is 9.15 Å². The van der Waals surface area contributed by atoms with Gasteiger partial charge in [0.15, 0.2) is 23.0 Å². The number of oxazole rings is 1. The number of amides is 2. The van der Waals surface area contributed by atoms with Crippen molar-refractivity contribution in [3.05, 3.63) is 41.8 Å². The van der Waals surface area contributed by atoms with E-state index in [9.17, 15) is 18.4 Å². The van der Waals surface area contributed by atoms with E-state index in [1.54, 1.807) is 45.9 Å². The summed E-state index contributed by atoms with van der Waals surface area (Å²) in [6.07, 6.45) is -4.77. The minimum atomic E-state index is -3.89. The molecule has 9 nitrogen and oxygen atoms in total. The number of ether oxygens (including phenoxy) is 3. The third-order valence-corrected chi connectivity index (χ3v) is 4.17. The van der Waals surface area contributed by atoms with Crippen molar-refractivity contribution in [3.63, 3.8) is 0 Å². The van der Waals surface area contributed by atoms with Gasteiger partial charge in [-0.2, -0.15) is 0 Å². The quantitative estimate of drug-likeness (QED) is 0.577. The van der Waals surface area contributed by atoms with Crippen molar-refractivity contribution in [2.75, 3.05) is 10.6 Å². The minimum Gasteiger partial charge on any atom is -0.444 e. The van der Waals surface area contributed by atoms with Gasteiger partial charge in [-0.25, -0.2) is 9.78 Å². The smallest absolute Gasteiger partial charge is 0.444 e. The third-order valence-electron chi connectivity index (χ3n) is 4.17. The first kappa shape index (κ1) is 21.3. The molecule has 2 heterocycles. The van der Waals surface area contributed by atoms with Crippen LogP contribution in [0.15, 0.2) is 34.7 Å². The summed E-state index contributed by atoms with van der Waals surface area (Å²) in [5.74, 6) is -0.921.